The summed E-state index contributed by atoms with van der Waals surface area (Å²) >= 11 is 12.0. The summed E-state index contributed by atoms with van der Waals surface area (Å²) in [4.78, 5) is 25.2. The van der Waals surface area contributed by atoms with Crippen molar-refractivity contribution in [2.75, 3.05) is 6.54 Å². The van der Waals surface area contributed by atoms with Crippen molar-refractivity contribution < 1.29 is 9.59 Å². The molecule has 4 nitrogen and oxygen atoms in total. The maximum absolute atomic E-state index is 12.4. The maximum atomic E-state index is 12.4. The van der Waals surface area contributed by atoms with E-state index in [1.807, 2.05) is 0 Å². The molecule has 18 heavy (non-hydrogen) atoms. The SMILES string of the molecule is CC1(C)NC(=O)CN1C(=O)c1c(Cl)cccc1Cl. The zero-order valence-corrected chi connectivity index (χ0v) is 11.5. The van der Waals surface area contributed by atoms with E-state index in [0.29, 0.717) is 0 Å². The molecule has 0 aromatic heterocycles. The van der Waals surface area contributed by atoms with Crippen LogP contribution in [-0.4, -0.2) is 28.9 Å². The van der Waals surface area contributed by atoms with Crippen LogP contribution in [0.3, 0.4) is 0 Å². The highest BCUT2D eigenvalue weighted by Gasteiger charge is 2.41. The third kappa shape index (κ3) is 2.18. The van der Waals surface area contributed by atoms with Crippen molar-refractivity contribution in [3.8, 4) is 0 Å². The number of rotatable bonds is 1. The highest BCUT2D eigenvalue weighted by atomic mass is 35.5. The van der Waals surface area contributed by atoms with Crippen molar-refractivity contribution in [2.45, 2.75) is 19.5 Å². The second kappa shape index (κ2) is 4.44. The molecule has 0 saturated carbocycles. The van der Waals surface area contributed by atoms with Crippen molar-refractivity contribution in [3.05, 3.63) is 33.8 Å². The van der Waals surface area contributed by atoms with Crippen molar-refractivity contribution in [1.82, 2.24) is 10.2 Å². The quantitative estimate of drug-likeness (QED) is 0.861. The number of nitrogens with one attached hydrogen (secondary N) is 1. The lowest BCUT2D eigenvalue weighted by Crippen LogP contribution is -2.49. The summed E-state index contributed by atoms with van der Waals surface area (Å²) in [5.74, 6) is -0.550. The van der Waals surface area contributed by atoms with Gasteiger partial charge in [-0.25, -0.2) is 0 Å². The average Bonchev–Trinajstić information content (AvgIpc) is 2.51. The van der Waals surface area contributed by atoms with E-state index < -0.39 is 5.66 Å². The van der Waals surface area contributed by atoms with Crippen LogP contribution in [0.15, 0.2) is 18.2 Å². The van der Waals surface area contributed by atoms with Crippen LogP contribution in [0.1, 0.15) is 24.2 Å². The summed E-state index contributed by atoms with van der Waals surface area (Å²) in [6, 6.07) is 4.86. The Morgan fingerprint density at radius 1 is 1.33 bits per heavy atom. The molecule has 1 fully saturated rings. The minimum absolute atomic E-state index is 0.00733. The van der Waals surface area contributed by atoms with E-state index in [0.717, 1.165) is 0 Å². The van der Waals surface area contributed by atoms with Crippen LogP contribution >= 0.6 is 23.2 Å². The molecule has 1 aromatic carbocycles. The first-order chi connectivity index (χ1) is 8.33. The summed E-state index contributed by atoms with van der Waals surface area (Å²) < 4.78 is 0. The van der Waals surface area contributed by atoms with Gasteiger partial charge in [0, 0.05) is 0 Å². The molecule has 0 bridgehead atoms. The monoisotopic (exact) mass is 286 g/mol. The number of amides is 2. The Hall–Kier alpha value is -1.26. The minimum atomic E-state index is -0.739. The zero-order valence-electron chi connectivity index (χ0n) is 9.96. The molecule has 6 heteroatoms. The smallest absolute Gasteiger partial charge is 0.259 e. The van der Waals surface area contributed by atoms with Crippen LogP contribution in [0.4, 0.5) is 0 Å². The Balaban J connectivity index is 2.41. The molecule has 1 saturated heterocycles. The largest absolute Gasteiger partial charge is 0.332 e. The Morgan fingerprint density at radius 3 is 2.33 bits per heavy atom. The van der Waals surface area contributed by atoms with Gasteiger partial charge in [0.05, 0.1) is 15.6 Å². The third-order valence-corrected chi connectivity index (χ3v) is 3.47. The fourth-order valence-corrected chi connectivity index (χ4v) is 2.51. The molecule has 2 rings (SSSR count). The molecule has 1 N–H and O–H groups in total. The van der Waals surface area contributed by atoms with Gasteiger partial charge >= 0.3 is 0 Å². The van der Waals surface area contributed by atoms with E-state index in [2.05, 4.69) is 5.32 Å². The maximum Gasteiger partial charge on any atom is 0.259 e. The first kappa shape index (κ1) is 13.2. The molecule has 1 aromatic rings. The summed E-state index contributed by atoms with van der Waals surface area (Å²) in [5.41, 5.74) is -0.512. The highest BCUT2D eigenvalue weighted by Crippen LogP contribution is 2.28. The minimum Gasteiger partial charge on any atom is -0.332 e. The lowest BCUT2D eigenvalue weighted by Gasteiger charge is -2.30. The van der Waals surface area contributed by atoms with Gasteiger partial charge in [-0.15, -0.1) is 0 Å². The van der Waals surface area contributed by atoms with Gasteiger partial charge in [0.25, 0.3) is 5.91 Å². The van der Waals surface area contributed by atoms with E-state index in [-0.39, 0.29) is 34.0 Å². The molecular weight excluding hydrogens is 275 g/mol. The lowest BCUT2D eigenvalue weighted by molar-refractivity contribution is -0.118. The highest BCUT2D eigenvalue weighted by molar-refractivity contribution is 6.39. The number of carbonyl (C=O) groups excluding carboxylic acids is 2. The van der Waals surface area contributed by atoms with Gasteiger partial charge in [-0.2, -0.15) is 0 Å². The van der Waals surface area contributed by atoms with Gasteiger partial charge in [0.2, 0.25) is 5.91 Å². The third-order valence-electron chi connectivity index (χ3n) is 2.84. The number of hydrogen-bond acceptors (Lipinski definition) is 2. The van der Waals surface area contributed by atoms with E-state index in [1.54, 1.807) is 32.0 Å². The van der Waals surface area contributed by atoms with Crippen LogP contribution in [0.2, 0.25) is 10.0 Å². The summed E-state index contributed by atoms with van der Waals surface area (Å²) in [6.45, 7) is 3.51. The Morgan fingerprint density at radius 2 is 1.89 bits per heavy atom. The van der Waals surface area contributed by atoms with Gasteiger partial charge < -0.3 is 10.2 Å². The number of hydrogen-bond donors (Lipinski definition) is 1. The van der Waals surface area contributed by atoms with Crippen molar-refractivity contribution in [2.24, 2.45) is 0 Å². The second-order valence-corrected chi connectivity index (χ2v) is 5.41. The molecule has 1 heterocycles. The molecule has 0 unspecified atom stereocenters. The van der Waals surface area contributed by atoms with Crippen molar-refractivity contribution in [3.63, 3.8) is 0 Å². The molecule has 0 radical (unpaired) electrons. The fraction of sp³-hybridized carbons (Fsp3) is 0.333. The molecule has 0 atom stereocenters. The average molecular weight is 287 g/mol. The predicted octanol–water partition coefficient (Wildman–Crippen LogP) is 2.30. The van der Waals surface area contributed by atoms with Crippen LogP contribution in [0.5, 0.6) is 0 Å². The lowest BCUT2D eigenvalue weighted by atomic mass is 10.1. The van der Waals surface area contributed by atoms with Crippen molar-refractivity contribution in [1.29, 1.82) is 0 Å². The summed E-state index contributed by atoms with van der Waals surface area (Å²) in [5, 5.41) is 3.27. The second-order valence-electron chi connectivity index (χ2n) is 4.60. The van der Waals surface area contributed by atoms with E-state index >= 15 is 0 Å². The normalized spacial score (nSPS) is 17.8. The summed E-state index contributed by atoms with van der Waals surface area (Å²) in [6.07, 6.45) is 0. The molecule has 2 amide bonds. The number of halogens is 2. The zero-order chi connectivity index (χ0) is 13.5. The fourth-order valence-electron chi connectivity index (χ4n) is 1.95. The Labute approximate surface area is 115 Å². The number of carbonyl (C=O) groups is 2. The van der Waals surface area contributed by atoms with Gasteiger partial charge in [0.1, 0.15) is 12.2 Å². The van der Waals surface area contributed by atoms with Gasteiger partial charge in [0.15, 0.2) is 0 Å². The van der Waals surface area contributed by atoms with E-state index in [9.17, 15) is 9.59 Å². The van der Waals surface area contributed by atoms with E-state index in [4.69, 9.17) is 23.2 Å². The topological polar surface area (TPSA) is 49.4 Å². The molecule has 96 valence electrons. The number of nitrogens with zero attached hydrogens (tertiary/aromatic N) is 1. The van der Waals surface area contributed by atoms with Gasteiger partial charge in [-0.1, -0.05) is 29.3 Å². The molecule has 1 aliphatic rings. The Kier molecular flexibility index (Phi) is 3.25. The van der Waals surface area contributed by atoms with Crippen LogP contribution in [-0.2, 0) is 4.79 Å². The van der Waals surface area contributed by atoms with E-state index in [1.165, 1.54) is 4.90 Å². The van der Waals surface area contributed by atoms with Crippen molar-refractivity contribution >= 4 is 35.0 Å². The first-order valence-corrected chi connectivity index (χ1v) is 6.15. The standard InChI is InChI=1S/C12H12Cl2N2O2/c1-12(2)15-9(17)6-16(12)11(18)10-7(13)4-3-5-8(10)14/h3-5H,6H2,1-2H3,(H,15,17). The predicted molar refractivity (Wildman–Crippen MR) is 69.7 cm³/mol. The Bertz CT molecular complexity index is 509. The summed E-state index contributed by atoms with van der Waals surface area (Å²) in [7, 11) is 0. The van der Waals surface area contributed by atoms with Crippen LogP contribution in [0, 0.1) is 0 Å². The van der Waals surface area contributed by atoms with Gasteiger partial charge in [-0.3, -0.25) is 9.59 Å². The molecule has 0 aliphatic carbocycles. The first-order valence-electron chi connectivity index (χ1n) is 5.40. The molecule has 1 aliphatic heterocycles. The van der Waals surface area contributed by atoms with Crippen LogP contribution in [0.25, 0.3) is 0 Å². The van der Waals surface area contributed by atoms with Crippen LogP contribution < -0.4 is 5.32 Å². The van der Waals surface area contributed by atoms with Gasteiger partial charge in [-0.05, 0) is 26.0 Å². The molecular formula is C12H12Cl2N2O2. The number of benzene rings is 1. The molecule has 0 spiro atoms.